The van der Waals surface area contributed by atoms with E-state index in [0.717, 1.165) is 32.1 Å². The van der Waals surface area contributed by atoms with Gasteiger partial charge in [-0.2, -0.15) is 0 Å². The number of amides is 1. The maximum Gasteiger partial charge on any atom is 0.221 e. The van der Waals surface area contributed by atoms with Crippen LogP contribution in [-0.2, 0) is 4.79 Å². The van der Waals surface area contributed by atoms with Crippen LogP contribution in [0.3, 0.4) is 0 Å². The van der Waals surface area contributed by atoms with Gasteiger partial charge in [0.2, 0.25) is 5.91 Å². The zero-order valence-corrected chi connectivity index (χ0v) is 10.2. The second kappa shape index (κ2) is 6.21. The third-order valence-electron chi connectivity index (χ3n) is 3.56. The van der Waals surface area contributed by atoms with Crippen molar-refractivity contribution in [2.45, 2.75) is 51.0 Å². The number of nitrogens with two attached hydrogens (primary N) is 1. The van der Waals surface area contributed by atoms with Crippen LogP contribution < -0.4 is 11.1 Å². The standard InChI is InChI=1S/C12H24N2O2/c1-2-10(4-7-15)9-14-11(16)8-12(13)5-3-6-12/h10,15H,2-9,13H2,1H3,(H,14,16). The van der Waals surface area contributed by atoms with Gasteiger partial charge in [-0.15, -0.1) is 0 Å². The Labute approximate surface area is 97.6 Å². The smallest absolute Gasteiger partial charge is 0.221 e. The molecule has 0 saturated heterocycles. The molecule has 0 aliphatic heterocycles. The number of aliphatic hydroxyl groups excluding tert-OH is 1. The van der Waals surface area contributed by atoms with Gasteiger partial charge < -0.3 is 16.2 Å². The molecule has 0 heterocycles. The summed E-state index contributed by atoms with van der Waals surface area (Å²) in [6.45, 7) is 2.92. The molecule has 0 aromatic carbocycles. The van der Waals surface area contributed by atoms with Crippen LogP contribution >= 0.6 is 0 Å². The van der Waals surface area contributed by atoms with E-state index in [-0.39, 0.29) is 18.1 Å². The van der Waals surface area contributed by atoms with Gasteiger partial charge in [0.05, 0.1) is 0 Å². The first kappa shape index (κ1) is 13.5. The number of aliphatic hydroxyl groups is 1. The van der Waals surface area contributed by atoms with Gasteiger partial charge >= 0.3 is 0 Å². The van der Waals surface area contributed by atoms with E-state index in [9.17, 15) is 4.79 Å². The summed E-state index contributed by atoms with van der Waals surface area (Å²) < 4.78 is 0. The second-order valence-electron chi connectivity index (χ2n) is 4.98. The summed E-state index contributed by atoms with van der Waals surface area (Å²) in [7, 11) is 0. The Balaban J connectivity index is 2.18. The maximum atomic E-state index is 11.6. The van der Waals surface area contributed by atoms with Gasteiger partial charge in [0.1, 0.15) is 0 Å². The molecule has 1 aliphatic rings. The molecular formula is C12H24N2O2. The number of carbonyl (C=O) groups excluding carboxylic acids is 1. The average Bonchev–Trinajstić information content (AvgIpc) is 2.22. The zero-order valence-electron chi connectivity index (χ0n) is 10.2. The minimum absolute atomic E-state index is 0.0542. The molecule has 0 aromatic rings. The normalized spacial score (nSPS) is 19.9. The molecule has 4 heteroatoms. The molecule has 4 N–H and O–H groups in total. The van der Waals surface area contributed by atoms with Gasteiger partial charge in [0.25, 0.3) is 0 Å². The van der Waals surface area contributed by atoms with Crippen LogP contribution in [0.2, 0.25) is 0 Å². The van der Waals surface area contributed by atoms with Crippen molar-refractivity contribution in [2.75, 3.05) is 13.2 Å². The van der Waals surface area contributed by atoms with Crippen molar-refractivity contribution >= 4 is 5.91 Å². The topological polar surface area (TPSA) is 75.3 Å². The molecule has 1 atom stereocenters. The second-order valence-corrected chi connectivity index (χ2v) is 4.98. The Morgan fingerprint density at radius 1 is 1.56 bits per heavy atom. The maximum absolute atomic E-state index is 11.6. The van der Waals surface area contributed by atoms with Gasteiger partial charge in [-0.1, -0.05) is 13.3 Å². The molecule has 16 heavy (non-hydrogen) atoms. The number of carbonyl (C=O) groups is 1. The highest BCUT2D eigenvalue weighted by Gasteiger charge is 2.34. The highest BCUT2D eigenvalue weighted by atomic mass is 16.3. The van der Waals surface area contributed by atoms with E-state index < -0.39 is 0 Å². The molecule has 1 saturated carbocycles. The lowest BCUT2D eigenvalue weighted by Gasteiger charge is -2.37. The van der Waals surface area contributed by atoms with Crippen molar-refractivity contribution < 1.29 is 9.90 Å². The summed E-state index contributed by atoms with van der Waals surface area (Å²) >= 11 is 0. The lowest BCUT2D eigenvalue weighted by molar-refractivity contribution is -0.123. The van der Waals surface area contributed by atoms with Crippen molar-refractivity contribution in [3.05, 3.63) is 0 Å². The molecule has 0 radical (unpaired) electrons. The minimum atomic E-state index is -0.233. The van der Waals surface area contributed by atoms with Crippen LogP contribution in [0.5, 0.6) is 0 Å². The number of nitrogens with one attached hydrogen (secondary N) is 1. The Morgan fingerprint density at radius 3 is 2.69 bits per heavy atom. The largest absolute Gasteiger partial charge is 0.396 e. The number of rotatable bonds is 7. The predicted molar refractivity (Wildman–Crippen MR) is 63.9 cm³/mol. The van der Waals surface area contributed by atoms with Crippen molar-refractivity contribution in [1.29, 1.82) is 0 Å². The molecule has 94 valence electrons. The highest BCUT2D eigenvalue weighted by Crippen LogP contribution is 2.31. The molecule has 1 fully saturated rings. The molecule has 0 aromatic heterocycles. The van der Waals surface area contributed by atoms with Crippen molar-refractivity contribution in [2.24, 2.45) is 11.7 Å². The van der Waals surface area contributed by atoms with Crippen LogP contribution in [0.1, 0.15) is 45.4 Å². The lowest BCUT2D eigenvalue weighted by atomic mass is 9.75. The fourth-order valence-electron chi connectivity index (χ4n) is 2.08. The van der Waals surface area contributed by atoms with Crippen LogP contribution in [0.4, 0.5) is 0 Å². The van der Waals surface area contributed by atoms with Crippen LogP contribution in [0.15, 0.2) is 0 Å². The first-order chi connectivity index (χ1) is 7.59. The Morgan fingerprint density at radius 2 is 2.25 bits per heavy atom. The summed E-state index contributed by atoms with van der Waals surface area (Å²) in [6, 6.07) is 0. The van der Waals surface area contributed by atoms with Crippen LogP contribution in [0.25, 0.3) is 0 Å². The van der Waals surface area contributed by atoms with Gasteiger partial charge in [-0.3, -0.25) is 4.79 Å². The third-order valence-corrected chi connectivity index (χ3v) is 3.56. The molecular weight excluding hydrogens is 204 g/mol. The van der Waals surface area contributed by atoms with Crippen molar-refractivity contribution in [1.82, 2.24) is 5.32 Å². The Kier molecular flexibility index (Phi) is 5.22. The van der Waals surface area contributed by atoms with E-state index in [0.29, 0.717) is 18.9 Å². The van der Waals surface area contributed by atoms with E-state index in [1.807, 2.05) is 0 Å². The number of hydrogen-bond donors (Lipinski definition) is 3. The van der Waals surface area contributed by atoms with Crippen molar-refractivity contribution in [3.8, 4) is 0 Å². The first-order valence-electron chi connectivity index (χ1n) is 6.26. The van der Waals surface area contributed by atoms with Crippen molar-refractivity contribution in [3.63, 3.8) is 0 Å². The minimum Gasteiger partial charge on any atom is -0.396 e. The predicted octanol–water partition coefficient (Wildman–Crippen LogP) is 0.783. The van der Waals surface area contributed by atoms with Gasteiger partial charge in [-0.25, -0.2) is 0 Å². The Hall–Kier alpha value is -0.610. The summed E-state index contributed by atoms with van der Waals surface area (Å²) in [4.78, 5) is 11.6. The summed E-state index contributed by atoms with van der Waals surface area (Å²) in [5, 5.41) is 11.7. The zero-order chi connectivity index (χ0) is 12.0. The summed E-state index contributed by atoms with van der Waals surface area (Å²) in [5.41, 5.74) is 5.77. The van der Waals surface area contributed by atoms with Gasteiger partial charge in [0.15, 0.2) is 0 Å². The fraction of sp³-hybridized carbons (Fsp3) is 0.917. The molecule has 4 nitrogen and oxygen atoms in total. The van der Waals surface area contributed by atoms with E-state index in [1.165, 1.54) is 0 Å². The molecule has 0 spiro atoms. The molecule has 0 bridgehead atoms. The monoisotopic (exact) mass is 228 g/mol. The lowest BCUT2D eigenvalue weighted by Crippen LogP contribution is -2.50. The first-order valence-corrected chi connectivity index (χ1v) is 6.26. The molecule has 1 amide bonds. The quantitative estimate of drug-likeness (QED) is 0.603. The van der Waals surface area contributed by atoms with Crippen LogP contribution in [0, 0.1) is 5.92 Å². The van der Waals surface area contributed by atoms with Crippen LogP contribution in [-0.4, -0.2) is 29.7 Å². The fourth-order valence-corrected chi connectivity index (χ4v) is 2.08. The number of hydrogen-bond acceptors (Lipinski definition) is 3. The third kappa shape index (κ3) is 4.10. The summed E-state index contributed by atoms with van der Waals surface area (Å²) in [6.07, 6.45) is 5.26. The average molecular weight is 228 g/mol. The van der Waals surface area contributed by atoms with E-state index >= 15 is 0 Å². The van der Waals surface area contributed by atoms with E-state index in [4.69, 9.17) is 10.8 Å². The molecule has 1 rings (SSSR count). The molecule has 1 unspecified atom stereocenters. The Bertz CT molecular complexity index is 227. The van der Waals surface area contributed by atoms with Gasteiger partial charge in [-0.05, 0) is 31.6 Å². The summed E-state index contributed by atoms with van der Waals surface area (Å²) in [5.74, 6) is 0.433. The van der Waals surface area contributed by atoms with E-state index in [1.54, 1.807) is 0 Å². The molecule has 1 aliphatic carbocycles. The van der Waals surface area contributed by atoms with E-state index in [2.05, 4.69) is 12.2 Å². The highest BCUT2D eigenvalue weighted by molar-refractivity contribution is 5.77. The SMILES string of the molecule is CCC(CCO)CNC(=O)CC1(N)CCC1. The van der Waals surface area contributed by atoms with Gasteiger partial charge in [0, 0.05) is 25.1 Å².